The first-order valence-electron chi connectivity index (χ1n) is 9.04. The zero-order chi connectivity index (χ0) is 17.1. The maximum absolute atomic E-state index is 9.38. The molecule has 0 aromatic carbocycles. The van der Waals surface area contributed by atoms with E-state index >= 15 is 0 Å². The first kappa shape index (κ1) is 17.6. The number of rotatable bonds is 6. The number of nitrogens with zero attached hydrogens (tertiary/aromatic N) is 3. The van der Waals surface area contributed by atoms with Crippen molar-refractivity contribution in [3.8, 4) is 0 Å². The van der Waals surface area contributed by atoms with Crippen molar-refractivity contribution in [2.75, 3.05) is 13.2 Å². The van der Waals surface area contributed by atoms with Crippen LogP contribution >= 0.6 is 11.3 Å². The minimum Gasteiger partial charge on any atom is -0.396 e. The van der Waals surface area contributed by atoms with E-state index in [9.17, 15) is 5.11 Å². The van der Waals surface area contributed by atoms with E-state index < -0.39 is 0 Å². The molecule has 0 spiro atoms. The first-order valence-corrected chi connectivity index (χ1v) is 9.86. The standard InChI is InChI=1S/C19H29N3OS/c1-4-17-10-18(19(24-17)6-8-23)16-5-7-22(14(2)9-16)13-15-11-20-21(3)12-15/h10-12,14,16,23H,4-9,13H2,1-3H3/t14-,16?/m1/s1. The molecule has 1 aliphatic rings. The Morgan fingerprint density at radius 2 is 2.25 bits per heavy atom. The lowest BCUT2D eigenvalue weighted by atomic mass is 9.85. The molecule has 0 aliphatic carbocycles. The number of aryl methyl sites for hydroxylation is 2. The zero-order valence-electron chi connectivity index (χ0n) is 15.0. The van der Waals surface area contributed by atoms with Crippen molar-refractivity contribution in [3.05, 3.63) is 39.3 Å². The molecule has 0 bridgehead atoms. The van der Waals surface area contributed by atoms with Crippen LogP contribution in [0.1, 0.15) is 53.5 Å². The van der Waals surface area contributed by atoms with Gasteiger partial charge in [-0.2, -0.15) is 5.10 Å². The molecule has 1 aliphatic heterocycles. The second-order valence-corrected chi connectivity index (χ2v) is 8.20. The van der Waals surface area contributed by atoms with Crippen LogP contribution in [0.25, 0.3) is 0 Å². The zero-order valence-corrected chi connectivity index (χ0v) is 15.9. The van der Waals surface area contributed by atoms with Gasteiger partial charge in [-0.1, -0.05) is 6.92 Å². The molecule has 1 unspecified atom stereocenters. The van der Waals surface area contributed by atoms with Crippen LogP contribution in [0, 0.1) is 0 Å². The summed E-state index contributed by atoms with van der Waals surface area (Å²) in [7, 11) is 1.98. The number of likely N-dealkylation sites (tertiary alicyclic amines) is 1. The van der Waals surface area contributed by atoms with Gasteiger partial charge in [-0.15, -0.1) is 11.3 Å². The molecule has 3 rings (SSSR count). The van der Waals surface area contributed by atoms with Crippen LogP contribution in [0.3, 0.4) is 0 Å². The van der Waals surface area contributed by atoms with E-state index in [2.05, 4.69) is 36.1 Å². The van der Waals surface area contributed by atoms with Crippen molar-refractivity contribution in [1.29, 1.82) is 0 Å². The molecule has 2 atom stereocenters. The van der Waals surface area contributed by atoms with Crippen LogP contribution in [0.2, 0.25) is 0 Å². The summed E-state index contributed by atoms with van der Waals surface area (Å²) in [4.78, 5) is 5.44. The van der Waals surface area contributed by atoms with Crippen molar-refractivity contribution >= 4 is 11.3 Å². The molecule has 24 heavy (non-hydrogen) atoms. The largest absolute Gasteiger partial charge is 0.396 e. The summed E-state index contributed by atoms with van der Waals surface area (Å²) >= 11 is 1.90. The van der Waals surface area contributed by atoms with Gasteiger partial charge in [-0.05, 0) is 50.3 Å². The monoisotopic (exact) mass is 347 g/mol. The highest BCUT2D eigenvalue weighted by atomic mass is 32.1. The van der Waals surface area contributed by atoms with Gasteiger partial charge in [0.2, 0.25) is 0 Å². The summed E-state index contributed by atoms with van der Waals surface area (Å²) in [6.45, 7) is 6.95. The first-order chi connectivity index (χ1) is 11.6. The van der Waals surface area contributed by atoms with Crippen molar-refractivity contribution < 1.29 is 5.11 Å². The van der Waals surface area contributed by atoms with Crippen molar-refractivity contribution in [3.63, 3.8) is 0 Å². The molecule has 1 N–H and O–H groups in total. The summed E-state index contributed by atoms with van der Waals surface area (Å²) in [5, 5.41) is 13.7. The average molecular weight is 348 g/mol. The fraction of sp³-hybridized carbons (Fsp3) is 0.632. The molecule has 0 radical (unpaired) electrons. The van der Waals surface area contributed by atoms with Gasteiger partial charge in [-0.25, -0.2) is 0 Å². The Hall–Kier alpha value is -1.17. The van der Waals surface area contributed by atoms with Gasteiger partial charge in [0.15, 0.2) is 0 Å². The van der Waals surface area contributed by atoms with E-state index in [1.54, 1.807) is 0 Å². The van der Waals surface area contributed by atoms with Crippen LogP contribution < -0.4 is 0 Å². The average Bonchev–Trinajstić information content (AvgIpc) is 3.16. The third kappa shape index (κ3) is 3.90. The van der Waals surface area contributed by atoms with Crippen LogP contribution in [-0.4, -0.2) is 39.0 Å². The predicted octanol–water partition coefficient (Wildman–Crippen LogP) is 3.35. The summed E-state index contributed by atoms with van der Waals surface area (Å²) < 4.78 is 1.88. The highest BCUT2D eigenvalue weighted by Gasteiger charge is 2.28. The Bertz CT molecular complexity index is 663. The molecule has 3 heterocycles. The van der Waals surface area contributed by atoms with Crippen molar-refractivity contribution in [2.45, 2.75) is 58.0 Å². The number of aliphatic hydroxyl groups is 1. The third-order valence-corrected chi connectivity index (χ3v) is 6.53. The number of hydrogen-bond donors (Lipinski definition) is 1. The fourth-order valence-corrected chi connectivity index (χ4v) is 5.03. The van der Waals surface area contributed by atoms with Crippen LogP contribution in [0.15, 0.2) is 18.5 Å². The van der Waals surface area contributed by atoms with Crippen molar-refractivity contribution in [1.82, 2.24) is 14.7 Å². The Morgan fingerprint density at radius 1 is 1.42 bits per heavy atom. The molecule has 5 heteroatoms. The number of aliphatic hydroxyl groups excluding tert-OH is 1. The van der Waals surface area contributed by atoms with E-state index in [1.807, 2.05) is 29.3 Å². The molecule has 0 saturated carbocycles. The van der Waals surface area contributed by atoms with Gasteiger partial charge in [0.1, 0.15) is 0 Å². The highest BCUT2D eigenvalue weighted by Crippen LogP contribution is 2.38. The lowest BCUT2D eigenvalue weighted by molar-refractivity contribution is 0.138. The van der Waals surface area contributed by atoms with Crippen molar-refractivity contribution in [2.24, 2.45) is 7.05 Å². The number of thiophene rings is 1. The van der Waals surface area contributed by atoms with Gasteiger partial charge >= 0.3 is 0 Å². The van der Waals surface area contributed by atoms with Gasteiger partial charge < -0.3 is 5.11 Å². The van der Waals surface area contributed by atoms with Gasteiger partial charge in [0.25, 0.3) is 0 Å². The molecule has 132 valence electrons. The summed E-state index contributed by atoms with van der Waals surface area (Å²) in [5.74, 6) is 0.642. The molecular formula is C19H29N3OS. The Morgan fingerprint density at radius 3 is 2.88 bits per heavy atom. The van der Waals surface area contributed by atoms with E-state index in [1.165, 1.54) is 33.7 Å². The SMILES string of the molecule is CCc1cc(C2CCN(Cc3cnn(C)c3)[C@H](C)C2)c(CCO)s1. The predicted molar refractivity (Wildman–Crippen MR) is 99.5 cm³/mol. The molecule has 0 amide bonds. The second kappa shape index (κ2) is 7.81. The molecular weight excluding hydrogens is 318 g/mol. The van der Waals surface area contributed by atoms with Gasteiger partial charge in [-0.3, -0.25) is 9.58 Å². The van der Waals surface area contributed by atoms with Crippen LogP contribution in [0.4, 0.5) is 0 Å². The topological polar surface area (TPSA) is 41.3 Å². The lowest BCUT2D eigenvalue weighted by Crippen LogP contribution is -2.39. The van der Waals surface area contributed by atoms with E-state index in [4.69, 9.17) is 0 Å². The Balaban J connectivity index is 1.67. The molecule has 1 saturated heterocycles. The molecule has 4 nitrogen and oxygen atoms in total. The summed E-state index contributed by atoms with van der Waals surface area (Å²) in [6.07, 6.45) is 8.42. The van der Waals surface area contributed by atoms with Crippen LogP contribution in [-0.2, 0) is 26.4 Å². The van der Waals surface area contributed by atoms with Gasteiger partial charge in [0, 0.05) is 54.2 Å². The van der Waals surface area contributed by atoms with Gasteiger partial charge in [0.05, 0.1) is 6.20 Å². The van der Waals surface area contributed by atoms with Crippen LogP contribution in [0.5, 0.6) is 0 Å². The van der Waals surface area contributed by atoms with E-state index in [-0.39, 0.29) is 6.61 Å². The maximum Gasteiger partial charge on any atom is 0.0534 e. The number of hydrogen-bond acceptors (Lipinski definition) is 4. The number of piperidine rings is 1. The normalized spacial score (nSPS) is 22.2. The van der Waals surface area contributed by atoms with E-state index in [0.717, 1.165) is 25.9 Å². The third-order valence-electron chi connectivity index (χ3n) is 5.18. The smallest absolute Gasteiger partial charge is 0.0534 e. The fourth-order valence-electron chi connectivity index (χ4n) is 3.84. The maximum atomic E-state index is 9.38. The molecule has 2 aromatic rings. The minimum atomic E-state index is 0.256. The minimum absolute atomic E-state index is 0.256. The Kier molecular flexibility index (Phi) is 5.74. The molecule has 2 aromatic heterocycles. The summed E-state index contributed by atoms with van der Waals surface area (Å²) in [6, 6.07) is 2.99. The second-order valence-electron chi connectivity index (χ2n) is 6.98. The highest BCUT2D eigenvalue weighted by molar-refractivity contribution is 7.12. The quantitative estimate of drug-likeness (QED) is 0.871. The molecule has 1 fully saturated rings. The lowest BCUT2D eigenvalue weighted by Gasteiger charge is -2.37. The number of aromatic nitrogens is 2. The van der Waals surface area contributed by atoms with E-state index in [0.29, 0.717) is 12.0 Å². The summed E-state index contributed by atoms with van der Waals surface area (Å²) in [5.41, 5.74) is 2.81. The Labute approximate surface area is 149 Å².